The lowest BCUT2D eigenvalue weighted by molar-refractivity contribution is -0.132. The van der Waals surface area contributed by atoms with Gasteiger partial charge in [-0.2, -0.15) is 14.8 Å². The quantitative estimate of drug-likeness (QED) is 0.231. The summed E-state index contributed by atoms with van der Waals surface area (Å²) in [5.41, 5.74) is -1.68. The standard InChI is InChI=1S/C37H29N7O6S/c1-2-49-31-10-4-3-9-28(31)37(50-36(46)43-19-17-42(18-20-43)33-15-13-26(23-39)24-41-33)29-21-25(22-38)12-14-30(29)44(35(37)45)51(47,48)32-11-5-7-27-8-6-16-40-34(27)32/h3-16,21,24H,2,17-20H2,1H3. The summed E-state index contributed by atoms with van der Waals surface area (Å²) < 4.78 is 42.3. The molecule has 4 heterocycles. The van der Waals surface area contributed by atoms with Crippen LogP contribution in [-0.2, 0) is 25.2 Å². The van der Waals surface area contributed by atoms with Crippen LogP contribution in [0.5, 0.6) is 5.75 Å². The van der Waals surface area contributed by atoms with Crippen molar-refractivity contribution in [2.75, 3.05) is 42.0 Å². The maximum Gasteiger partial charge on any atom is 0.411 e. The number of carbonyl (C=O) groups is 2. The second-order valence-electron chi connectivity index (χ2n) is 11.7. The van der Waals surface area contributed by atoms with Gasteiger partial charge in [0.15, 0.2) is 0 Å². The predicted octanol–water partition coefficient (Wildman–Crippen LogP) is 4.71. The smallest absolute Gasteiger partial charge is 0.411 e. The minimum Gasteiger partial charge on any atom is -0.493 e. The molecule has 14 heteroatoms. The van der Waals surface area contributed by atoms with Gasteiger partial charge in [0.25, 0.3) is 15.9 Å². The number of para-hydroxylation sites is 2. The van der Waals surface area contributed by atoms with Crippen molar-refractivity contribution in [1.82, 2.24) is 14.9 Å². The first-order valence-electron chi connectivity index (χ1n) is 16.0. The van der Waals surface area contributed by atoms with Crippen molar-refractivity contribution in [2.45, 2.75) is 17.4 Å². The van der Waals surface area contributed by atoms with Gasteiger partial charge in [-0.3, -0.25) is 9.78 Å². The van der Waals surface area contributed by atoms with E-state index in [-0.39, 0.29) is 58.2 Å². The molecule has 0 saturated carbocycles. The average Bonchev–Trinajstić information content (AvgIpc) is 3.42. The second-order valence-corrected chi connectivity index (χ2v) is 13.5. The summed E-state index contributed by atoms with van der Waals surface area (Å²) in [6.07, 6.45) is 2.06. The van der Waals surface area contributed by atoms with E-state index in [0.29, 0.717) is 34.2 Å². The van der Waals surface area contributed by atoms with Crippen molar-refractivity contribution in [3.63, 3.8) is 0 Å². The lowest BCUT2D eigenvalue weighted by atomic mass is 9.85. The first kappa shape index (κ1) is 33.0. The Morgan fingerprint density at radius 2 is 1.63 bits per heavy atom. The minimum atomic E-state index is -4.70. The molecule has 51 heavy (non-hydrogen) atoms. The molecule has 0 aliphatic carbocycles. The number of aromatic nitrogens is 2. The second kappa shape index (κ2) is 13.1. The molecular weight excluding hydrogens is 671 g/mol. The zero-order valence-electron chi connectivity index (χ0n) is 27.3. The molecule has 1 atom stereocenters. The highest BCUT2D eigenvalue weighted by Gasteiger charge is 2.61. The van der Waals surface area contributed by atoms with E-state index >= 15 is 4.79 Å². The van der Waals surface area contributed by atoms with E-state index in [0.717, 1.165) is 0 Å². The van der Waals surface area contributed by atoms with Crippen molar-refractivity contribution in [1.29, 1.82) is 10.5 Å². The molecule has 5 aromatic rings. The van der Waals surface area contributed by atoms with Gasteiger partial charge in [-0.25, -0.2) is 18.2 Å². The Balaban J connectivity index is 1.34. The topological polar surface area (TPSA) is 170 Å². The van der Waals surface area contributed by atoms with Gasteiger partial charge in [-0.05, 0) is 55.5 Å². The van der Waals surface area contributed by atoms with Gasteiger partial charge >= 0.3 is 6.09 Å². The van der Waals surface area contributed by atoms with E-state index in [2.05, 4.69) is 16.0 Å². The fraction of sp³-hybridized carbons (Fsp3) is 0.189. The highest BCUT2D eigenvalue weighted by Crippen LogP contribution is 2.52. The largest absolute Gasteiger partial charge is 0.493 e. The summed E-state index contributed by atoms with van der Waals surface area (Å²) in [5, 5.41) is 19.6. The average molecular weight is 700 g/mol. The van der Waals surface area contributed by atoms with Gasteiger partial charge in [0.05, 0.1) is 40.6 Å². The van der Waals surface area contributed by atoms with Crippen LogP contribution in [0.25, 0.3) is 10.9 Å². The fourth-order valence-electron chi connectivity index (χ4n) is 6.46. The van der Waals surface area contributed by atoms with Crippen LogP contribution < -0.4 is 13.9 Å². The van der Waals surface area contributed by atoms with E-state index in [1.807, 2.05) is 11.0 Å². The zero-order valence-corrected chi connectivity index (χ0v) is 28.1. The van der Waals surface area contributed by atoms with E-state index in [1.54, 1.807) is 67.6 Å². The van der Waals surface area contributed by atoms with Crippen LogP contribution >= 0.6 is 0 Å². The molecule has 1 unspecified atom stereocenters. The number of nitriles is 2. The number of ether oxygens (including phenoxy) is 2. The number of carbonyl (C=O) groups excluding carboxylic acids is 2. The Hall–Kier alpha value is -6.51. The first-order valence-corrected chi connectivity index (χ1v) is 17.5. The molecule has 0 spiro atoms. The zero-order chi connectivity index (χ0) is 35.8. The van der Waals surface area contributed by atoms with E-state index < -0.39 is 27.6 Å². The van der Waals surface area contributed by atoms with E-state index in [9.17, 15) is 18.5 Å². The SMILES string of the molecule is CCOc1ccccc1C1(OC(=O)N2CCN(c3ccc(C#N)cn3)CC2)C(=O)N(S(=O)(=O)c2cccc3cccnc23)c2ccc(C#N)cc21. The third-order valence-electron chi connectivity index (χ3n) is 8.87. The number of piperazine rings is 1. The molecule has 0 N–H and O–H groups in total. The van der Waals surface area contributed by atoms with E-state index in [1.165, 1.54) is 41.6 Å². The number of fused-ring (bicyclic) bond motifs is 2. The van der Waals surface area contributed by atoms with Gasteiger partial charge in [0, 0.05) is 49.5 Å². The summed E-state index contributed by atoms with van der Waals surface area (Å²) >= 11 is 0. The van der Waals surface area contributed by atoms with Crippen LogP contribution in [0.3, 0.4) is 0 Å². The van der Waals surface area contributed by atoms with Crippen LogP contribution in [0.1, 0.15) is 29.2 Å². The third-order valence-corrected chi connectivity index (χ3v) is 10.6. The van der Waals surface area contributed by atoms with Crippen LogP contribution in [0, 0.1) is 22.7 Å². The van der Waals surface area contributed by atoms with Crippen LogP contribution in [-0.4, -0.2) is 68.1 Å². The highest BCUT2D eigenvalue weighted by atomic mass is 32.2. The van der Waals surface area contributed by atoms with Crippen molar-refractivity contribution >= 4 is 44.4 Å². The molecule has 7 rings (SSSR count). The monoisotopic (exact) mass is 699 g/mol. The summed E-state index contributed by atoms with van der Waals surface area (Å²) in [4.78, 5) is 41.2. The third kappa shape index (κ3) is 5.52. The summed E-state index contributed by atoms with van der Waals surface area (Å²) in [7, 11) is -4.70. The Morgan fingerprint density at radius 3 is 2.35 bits per heavy atom. The van der Waals surface area contributed by atoms with Crippen LogP contribution in [0.2, 0.25) is 0 Å². The Bertz CT molecular complexity index is 2380. The van der Waals surface area contributed by atoms with Crippen molar-refractivity contribution in [3.05, 3.63) is 120 Å². The lowest BCUT2D eigenvalue weighted by Crippen LogP contribution is -2.53. The molecule has 2 aliphatic rings. The number of anilines is 2. The summed E-state index contributed by atoms with van der Waals surface area (Å²) in [6.45, 7) is 3.05. The Labute approximate surface area is 293 Å². The summed E-state index contributed by atoms with van der Waals surface area (Å²) in [5.74, 6) is -0.254. The molecule has 254 valence electrons. The number of rotatable bonds is 7. The van der Waals surface area contributed by atoms with Gasteiger partial charge in [-0.15, -0.1) is 0 Å². The molecule has 2 aliphatic heterocycles. The number of hydrogen-bond donors (Lipinski definition) is 0. The summed E-state index contributed by atoms with van der Waals surface area (Å²) in [6, 6.07) is 26.1. The van der Waals surface area contributed by atoms with Crippen LogP contribution in [0.15, 0.2) is 102 Å². The molecule has 2 aromatic heterocycles. The molecule has 2 amide bonds. The molecule has 3 aromatic carbocycles. The molecular formula is C37H29N7O6S. The molecule has 13 nitrogen and oxygen atoms in total. The van der Waals surface area contributed by atoms with Gasteiger partial charge in [0.2, 0.25) is 5.60 Å². The first-order chi connectivity index (χ1) is 24.7. The normalized spacial score (nSPS) is 17.1. The lowest BCUT2D eigenvalue weighted by Gasteiger charge is -2.37. The maximum absolute atomic E-state index is 15.2. The molecule has 1 fully saturated rings. The number of amides is 2. The Morgan fingerprint density at radius 1 is 0.882 bits per heavy atom. The van der Waals surface area contributed by atoms with Gasteiger partial charge < -0.3 is 19.3 Å². The number of benzene rings is 3. The fourth-order valence-corrected chi connectivity index (χ4v) is 8.09. The minimum absolute atomic E-state index is 0.00996. The van der Waals surface area contributed by atoms with Crippen LogP contribution in [0.4, 0.5) is 16.3 Å². The number of hydrogen-bond acceptors (Lipinski definition) is 11. The van der Waals surface area contributed by atoms with Crippen molar-refractivity contribution in [2.24, 2.45) is 0 Å². The van der Waals surface area contributed by atoms with Gasteiger partial charge in [0.1, 0.15) is 22.5 Å². The maximum atomic E-state index is 15.2. The highest BCUT2D eigenvalue weighted by molar-refractivity contribution is 7.93. The number of pyridine rings is 2. The van der Waals surface area contributed by atoms with E-state index in [4.69, 9.17) is 14.7 Å². The molecule has 0 bridgehead atoms. The van der Waals surface area contributed by atoms with Crippen molar-refractivity contribution in [3.8, 4) is 17.9 Å². The van der Waals surface area contributed by atoms with Crippen molar-refractivity contribution < 1.29 is 27.5 Å². The predicted molar refractivity (Wildman–Crippen MR) is 185 cm³/mol. The molecule has 1 saturated heterocycles. The number of nitrogens with zero attached hydrogens (tertiary/aromatic N) is 7. The van der Waals surface area contributed by atoms with Gasteiger partial charge in [-0.1, -0.05) is 36.4 Å². The Kier molecular flexibility index (Phi) is 8.46. The number of sulfonamides is 1. The molecule has 0 radical (unpaired) electrons.